The Morgan fingerprint density at radius 2 is 1.59 bits per heavy atom. The third kappa shape index (κ3) is 4.70. The maximum atomic E-state index is 12.5. The second-order valence-corrected chi connectivity index (χ2v) is 5.81. The van der Waals surface area contributed by atoms with E-state index in [0.717, 1.165) is 11.3 Å². The van der Waals surface area contributed by atoms with Crippen LogP contribution in [0.25, 0.3) is 6.08 Å². The topological polar surface area (TPSA) is 55.4 Å². The van der Waals surface area contributed by atoms with Crippen molar-refractivity contribution in [2.45, 2.75) is 0 Å². The highest BCUT2D eigenvalue weighted by Crippen LogP contribution is 2.22. The van der Waals surface area contributed by atoms with Crippen LogP contribution in [-0.4, -0.2) is 12.8 Å². The summed E-state index contributed by atoms with van der Waals surface area (Å²) in [5.41, 5.74) is 0.990. The molecule has 0 atom stereocenters. The van der Waals surface area contributed by atoms with Crippen LogP contribution < -0.4 is 15.5 Å². The minimum atomic E-state index is -0.345. The van der Waals surface area contributed by atoms with Crippen molar-refractivity contribution in [1.29, 1.82) is 0 Å². The zero-order valence-corrected chi connectivity index (χ0v) is 14.9. The third-order valence-corrected chi connectivity index (χ3v) is 3.93. The van der Waals surface area contributed by atoms with Crippen molar-refractivity contribution >= 4 is 17.5 Å². The predicted molar refractivity (Wildman–Crippen MR) is 109 cm³/mol. The van der Waals surface area contributed by atoms with Gasteiger partial charge in [-0.05, 0) is 48.0 Å². The maximum Gasteiger partial charge on any atom is 0.212 e. The molecule has 0 heterocycles. The van der Waals surface area contributed by atoms with Crippen LogP contribution in [-0.2, 0) is 0 Å². The number of benzene rings is 2. The molecule has 4 heteroatoms. The number of ketones is 1. The van der Waals surface area contributed by atoms with E-state index in [1.807, 2.05) is 54.6 Å². The third-order valence-electron chi connectivity index (χ3n) is 3.93. The lowest BCUT2D eigenvalue weighted by Crippen LogP contribution is -2.14. The lowest BCUT2D eigenvalue weighted by atomic mass is 10.1. The molecule has 3 rings (SSSR count). The summed E-state index contributed by atoms with van der Waals surface area (Å²) in [4.78, 5) is 24.8. The summed E-state index contributed by atoms with van der Waals surface area (Å²) in [5.74, 6) is 1.06. The summed E-state index contributed by atoms with van der Waals surface area (Å²) in [5, 5.41) is 2.81. The van der Waals surface area contributed by atoms with Gasteiger partial charge in [0.1, 0.15) is 11.5 Å². The molecule has 0 bridgehead atoms. The molecule has 3 aromatic rings. The fourth-order valence-corrected chi connectivity index (χ4v) is 2.56. The zero-order chi connectivity index (χ0) is 19.1. The highest BCUT2D eigenvalue weighted by atomic mass is 16.5. The van der Waals surface area contributed by atoms with Gasteiger partial charge >= 0.3 is 0 Å². The Hall–Kier alpha value is -3.66. The number of nitrogens with one attached hydrogen (secondary N) is 1. The Morgan fingerprint density at radius 3 is 2.37 bits per heavy atom. The summed E-state index contributed by atoms with van der Waals surface area (Å²) in [6, 6.07) is 23.4. The van der Waals surface area contributed by atoms with Gasteiger partial charge in [0.05, 0.1) is 11.3 Å². The van der Waals surface area contributed by atoms with E-state index in [4.69, 9.17) is 4.74 Å². The van der Waals surface area contributed by atoms with Crippen LogP contribution in [0.15, 0.2) is 89.7 Å². The van der Waals surface area contributed by atoms with Gasteiger partial charge in [-0.25, -0.2) is 0 Å². The molecule has 0 aliphatic carbocycles. The molecule has 0 aliphatic heterocycles. The summed E-state index contributed by atoms with van der Waals surface area (Å²) < 4.78 is 5.80. The fourth-order valence-electron chi connectivity index (χ4n) is 2.56. The summed E-state index contributed by atoms with van der Waals surface area (Å²) >= 11 is 0. The molecule has 0 aliphatic rings. The summed E-state index contributed by atoms with van der Waals surface area (Å²) in [6.07, 6.45) is 3.07. The lowest BCUT2D eigenvalue weighted by Gasteiger charge is -2.05. The van der Waals surface area contributed by atoms with Crippen molar-refractivity contribution in [2.75, 3.05) is 12.4 Å². The van der Waals surface area contributed by atoms with Gasteiger partial charge in [-0.1, -0.05) is 48.5 Å². The molecule has 0 radical (unpaired) electrons. The van der Waals surface area contributed by atoms with Gasteiger partial charge in [0.15, 0.2) is 5.78 Å². The van der Waals surface area contributed by atoms with Gasteiger partial charge in [0, 0.05) is 7.05 Å². The minimum Gasteiger partial charge on any atom is -0.457 e. The van der Waals surface area contributed by atoms with E-state index in [0.29, 0.717) is 11.4 Å². The van der Waals surface area contributed by atoms with Crippen molar-refractivity contribution in [2.24, 2.45) is 0 Å². The average molecular weight is 357 g/mol. The fraction of sp³-hybridized carbons (Fsp3) is 0.0435. The quantitative estimate of drug-likeness (QED) is 0.510. The Morgan fingerprint density at radius 1 is 0.889 bits per heavy atom. The second kappa shape index (κ2) is 8.63. The first-order valence-electron chi connectivity index (χ1n) is 8.54. The van der Waals surface area contributed by atoms with Gasteiger partial charge in [-0.3, -0.25) is 9.59 Å². The molecule has 0 unspecified atom stereocenters. The molecular formula is C23H19NO3. The van der Waals surface area contributed by atoms with E-state index in [2.05, 4.69) is 5.32 Å². The molecule has 0 saturated heterocycles. The molecule has 0 spiro atoms. The van der Waals surface area contributed by atoms with Crippen LogP contribution in [0.5, 0.6) is 11.5 Å². The van der Waals surface area contributed by atoms with Gasteiger partial charge in [0.2, 0.25) is 5.43 Å². The molecule has 0 aromatic heterocycles. The van der Waals surface area contributed by atoms with E-state index in [1.54, 1.807) is 31.3 Å². The number of carbonyl (C=O) groups excluding carboxylic acids is 1. The molecule has 27 heavy (non-hydrogen) atoms. The highest BCUT2D eigenvalue weighted by molar-refractivity contribution is 6.07. The van der Waals surface area contributed by atoms with E-state index >= 15 is 0 Å². The molecule has 0 fully saturated rings. The molecule has 0 saturated carbocycles. The molecule has 0 amide bonds. The second-order valence-electron chi connectivity index (χ2n) is 5.81. The minimum absolute atomic E-state index is 0.122. The van der Waals surface area contributed by atoms with E-state index in [-0.39, 0.29) is 16.8 Å². The van der Waals surface area contributed by atoms with Crippen molar-refractivity contribution < 1.29 is 9.53 Å². The smallest absolute Gasteiger partial charge is 0.212 e. The SMILES string of the molecule is CNc1ccccc(C(=O)C=Cc2cccc(Oc3ccccc3)c2)c1=O. The molecule has 3 aromatic carbocycles. The first-order chi connectivity index (χ1) is 13.2. The first kappa shape index (κ1) is 18.1. The van der Waals surface area contributed by atoms with Gasteiger partial charge in [-0.2, -0.15) is 0 Å². The number of ether oxygens (including phenoxy) is 1. The number of carbonyl (C=O) groups is 1. The van der Waals surface area contributed by atoms with Crippen molar-refractivity contribution in [1.82, 2.24) is 0 Å². The molecule has 134 valence electrons. The van der Waals surface area contributed by atoms with Crippen LogP contribution in [0.3, 0.4) is 0 Å². The lowest BCUT2D eigenvalue weighted by molar-refractivity contribution is 0.104. The van der Waals surface area contributed by atoms with Crippen LogP contribution in [0, 0.1) is 0 Å². The maximum absolute atomic E-state index is 12.5. The van der Waals surface area contributed by atoms with E-state index in [1.165, 1.54) is 12.1 Å². The average Bonchev–Trinajstić information content (AvgIpc) is 2.88. The summed E-state index contributed by atoms with van der Waals surface area (Å²) in [6.45, 7) is 0. The number of para-hydroxylation sites is 1. The van der Waals surface area contributed by atoms with Crippen LogP contribution in [0.1, 0.15) is 15.9 Å². The normalized spacial score (nSPS) is 10.6. The monoisotopic (exact) mass is 357 g/mol. The number of hydrogen-bond donors (Lipinski definition) is 1. The molecule has 4 nitrogen and oxygen atoms in total. The molecular weight excluding hydrogens is 338 g/mol. The largest absolute Gasteiger partial charge is 0.457 e. The zero-order valence-electron chi connectivity index (χ0n) is 14.9. The standard InChI is InChI=1S/C23H19NO3/c1-24-21-13-6-5-12-20(23(21)26)22(25)15-14-17-8-7-11-19(16-17)27-18-9-3-2-4-10-18/h2-16H,1H3,(H,24,26). The van der Waals surface area contributed by atoms with Gasteiger partial charge in [0.25, 0.3) is 0 Å². The number of anilines is 1. The van der Waals surface area contributed by atoms with E-state index in [9.17, 15) is 9.59 Å². The Bertz CT molecular complexity index is 1030. The van der Waals surface area contributed by atoms with Crippen molar-refractivity contribution in [3.05, 3.63) is 106 Å². The van der Waals surface area contributed by atoms with Gasteiger partial charge < -0.3 is 10.1 Å². The Labute approximate surface area is 157 Å². The highest BCUT2D eigenvalue weighted by Gasteiger charge is 2.08. The number of hydrogen-bond acceptors (Lipinski definition) is 4. The van der Waals surface area contributed by atoms with Crippen molar-refractivity contribution in [3.8, 4) is 11.5 Å². The van der Waals surface area contributed by atoms with E-state index < -0.39 is 0 Å². The number of rotatable bonds is 6. The molecule has 1 N–H and O–H groups in total. The Balaban J connectivity index is 1.81. The first-order valence-corrected chi connectivity index (χ1v) is 8.54. The van der Waals surface area contributed by atoms with Crippen LogP contribution in [0.2, 0.25) is 0 Å². The number of allylic oxidation sites excluding steroid dienone is 1. The van der Waals surface area contributed by atoms with Gasteiger partial charge in [-0.15, -0.1) is 0 Å². The van der Waals surface area contributed by atoms with Crippen LogP contribution >= 0.6 is 0 Å². The van der Waals surface area contributed by atoms with Crippen molar-refractivity contribution in [3.63, 3.8) is 0 Å². The Kier molecular flexibility index (Phi) is 5.80. The van der Waals surface area contributed by atoms with Crippen LogP contribution in [0.4, 0.5) is 5.69 Å². The summed E-state index contributed by atoms with van der Waals surface area (Å²) in [7, 11) is 1.65. The predicted octanol–water partition coefficient (Wildman–Crippen LogP) is 4.78.